The minimum absolute atomic E-state index is 0. The van der Waals surface area contributed by atoms with E-state index in [0.29, 0.717) is 0 Å². The van der Waals surface area contributed by atoms with E-state index < -0.39 is 0 Å². The van der Waals surface area contributed by atoms with Gasteiger partial charge in [0.15, 0.2) is 17.4 Å². The number of hydrogen-bond acceptors (Lipinski definition) is 0. The summed E-state index contributed by atoms with van der Waals surface area (Å²) in [4.78, 5) is 0. The first-order valence-corrected chi connectivity index (χ1v) is 0. The van der Waals surface area contributed by atoms with Gasteiger partial charge in [0.1, 0.15) is 0 Å². The zero-order valence-corrected chi connectivity index (χ0v) is 3.67. The molecule has 0 unspecified atom stereocenters. The van der Waals surface area contributed by atoms with E-state index in [0.717, 1.165) is 0 Å². The molecule has 0 nitrogen and oxygen atoms in total. The van der Waals surface area contributed by atoms with E-state index in [1.165, 1.54) is 0 Å². The maximum Gasteiger partial charge on any atom is 0 e. The predicted molar refractivity (Wildman–Crippen MR) is 24.2 cm³/mol. The summed E-state index contributed by atoms with van der Waals surface area (Å²) in [6.45, 7) is 0. The first-order valence-electron chi connectivity index (χ1n) is 0. The van der Waals surface area contributed by atoms with Crippen molar-refractivity contribution in [2.24, 2.45) is 0 Å². The van der Waals surface area contributed by atoms with E-state index in [2.05, 4.69) is 0 Å². The Morgan fingerprint density at radius 3 is 1.00 bits per heavy atom. The summed E-state index contributed by atoms with van der Waals surface area (Å²) in [5.74, 6) is 0. The summed E-state index contributed by atoms with van der Waals surface area (Å²) >= 11 is 0. The van der Waals surface area contributed by atoms with Crippen molar-refractivity contribution in [2.75, 3.05) is 0 Å². The summed E-state index contributed by atoms with van der Waals surface area (Å²) in [5.41, 5.74) is 0. The Balaban J connectivity index is 0. The second kappa shape index (κ2) is 15.8. The van der Waals surface area contributed by atoms with Crippen molar-refractivity contribution in [3.05, 3.63) is 0 Å². The Kier molecular flexibility index (Phi) is 99.0. The van der Waals surface area contributed by atoms with E-state index in [1.54, 1.807) is 0 Å². The quantitative estimate of drug-likeness (QED) is 0.344. The van der Waals surface area contributed by atoms with Gasteiger partial charge in [-0.05, 0) is 0 Å². The van der Waals surface area contributed by atoms with Gasteiger partial charge >= 0.3 is 80.9 Å². The van der Waals surface area contributed by atoms with E-state index in [-0.39, 0.29) is 118 Å². The van der Waals surface area contributed by atoms with Crippen LogP contribution in [0.15, 0.2) is 0 Å². The molecule has 0 saturated carbocycles. The predicted octanol–water partition coefficient (Wildman–Crippen LogP) is -2.48. The van der Waals surface area contributed by atoms with Crippen LogP contribution in [0.2, 0.25) is 0 Å². The molecule has 0 radical (unpaired) electrons. The van der Waals surface area contributed by atoms with E-state index >= 15 is 0 Å². The summed E-state index contributed by atoms with van der Waals surface area (Å²) in [6.07, 6.45) is 0. The molecule has 0 rings (SSSR count). The molecule has 0 spiro atoms. The Bertz CT molecular complexity index is 8.00. The third-order valence-electron chi connectivity index (χ3n) is 0. The van der Waals surface area contributed by atoms with E-state index in [1.807, 2.05) is 0 Å². The molecule has 0 aromatic heterocycles. The number of hydrogen-bond donors (Lipinski definition) is 0. The molecule has 0 fully saturated rings. The Morgan fingerprint density at radius 2 is 1.00 bits per heavy atom. The molecule has 0 aromatic rings. The third-order valence-corrected chi connectivity index (χ3v) is 0. The summed E-state index contributed by atoms with van der Waals surface area (Å²) < 4.78 is 0. The van der Waals surface area contributed by atoms with Gasteiger partial charge in [-0.25, -0.2) is 0 Å². The van der Waals surface area contributed by atoms with E-state index in [4.69, 9.17) is 0 Å². The van der Waals surface area contributed by atoms with Crippen molar-refractivity contribution < 1.29 is 19.5 Å². The SMILES string of the molecule is [AlH3].[KH].[NaH].[Zn]. The minimum Gasteiger partial charge on any atom is 0 e. The fraction of sp³-hybridized carbons (Fsp3) is 0. The zero-order chi connectivity index (χ0) is 0. The van der Waals surface area contributed by atoms with Crippen LogP contribution in [0.1, 0.15) is 0 Å². The largest absolute Gasteiger partial charge is 0 e. The monoisotopic (exact) mass is 158 g/mol. The van der Waals surface area contributed by atoms with Crippen LogP contribution in [0, 0.1) is 0 Å². The molecule has 0 heterocycles. The van der Waals surface area contributed by atoms with Gasteiger partial charge in [0.05, 0.1) is 0 Å². The van der Waals surface area contributed by atoms with Crippen LogP contribution in [0.4, 0.5) is 0 Å². The van der Waals surface area contributed by atoms with Gasteiger partial charge in [-0.1, -0.05) is 0 Å². The Labute approximate surface area is 114 Å². The fourth-order valence-corrected chi connectivity index (χ4v) is 0. The van der Waals surface area contributed by atoms with Gasteiger partial charge in [0, 0.05) is 19.5 Å². The van der Waals surface area contributed by atoms with Crippen molar-refractivity contribution in [1.29, 1.82) is 0 Å². The minimum atomic E-state index is 0. The van der Waals surface area contributed by atoms with Crippen LogP contribution in [-0.4, -0.2) is 98.3 Å². The Hall–Kier alpha value is 3.79. The molecule has 4 heteroatoms. The second-order valence-electron chi connectivity index (χ2n) is 0. The van der Waals surface area contributed by atoms with Crippen molar-refractivity contribution in [1.82, 2.24) is 0 Å². The van der Waals surface area contributed by atoms with Gasteiger partial charge in [-0.3, -0.25) is 0 Å². The topological polar surface area (TPSA) is 0 Å². The first-order chi connectivity index (χ1) is 0. The average molecular weight is 160 g/mol. The maximum atomic E-state index is 0. The van der Waals surface area contributed by atoms with Crippen LogP contribution in [0.25, 0.3) is 0 Å². The molecular weight excluding hydrogens is 154 g/mol. The molecule has 12 valence electrons. The Morgan fingerprint density at radius 1 is 1.00 bits per heavy atom. The van der Waals surface area contributed by atoms with Gasteiger partial charge < -0.3 is 0 Å². The fourth-order valence-electron chi connectivity index (χ4n) is 0. The third kappa shape index (κ3) is 9.25. The molecule has 0 aliphatic rings. The van der Waals surface area contributed by atoms with Crippen LogP contribution < -0.4 is 0 Å². The van der Waals surface area contributed by atoms with Gasteiger partial charge in [-0.15, -0.1) is 0 Å². The first kappa shape index (κ1) is 25.0. The van der Waals surface area contributed by atoms with Crippen molar-refractivity contribution in [2.45, 2.75) is 0 Å². The van der Waals surface area contributed by atoms with Gasteiger partial charge in [-0.2, -0.15) is 0 Å². The van der Waals surface area contributed by atoms with Crippen molar-refractivity contribution >= 4 is 98.3 Å². The van der Waals surface area contributed by atoms with Crippen LogP contribution in [0.3, 0.4) is 0 Å². The van der Waals surface area contributed by atoms with Gasteiger partial charge in [0.25, 0.3) is 0 Å². The maximum absolute atomic E-state index is 0. The molecule has 0 atom stereocenters. The van der Waals surface area contributed by atoms with Crippen molar-refractivity contribution in [3.8, 4) is 0 Å². The molecule has 0 aliphatic carbocycles. The molecule has 0 saturated heterocycles. The molecule has 4 heavy (non-hydrogen) atoms. The zero-order valence-electron chi connectivity index (χ0n) is 0.707. The van der Waals surface area contributed by atoms with Crippen LogP contribution >= 0.6 is 0 Å². The molecule has 0 bridgehead atoms. The normalized spacial score (nSPS) is 0. The standard InChI is InChI=1S/Al.K.Na.Zn.5H. The van der Waals surface area contributed by atoms with Gasteiger partial charge in [0.2, 0.25) is 0 Å². The smallest absolute Gasteiger partial charge is 0 e. The van der Waals surface area contributed by atoms with Crippen LogP contribution in [0.5, 0.6) is 0 Å². The molecule has 0 amide bonds. The average Bonchev–Trinajstić information content (AvgIpc) is 0. The van der Waals surface area contributed by atoms with Crippen LogP contribution in [-0.2, 0) is 19.5 Å². The summed E-state index contributed by atoms with van der Waals surface area (Å²) in [6, 6.07) is 0. The molecular formula is H5AlKNaZn. The summed E-state index contributed by atoms with van der Waals surface area (Å²) in [7, 11) is 0. The van der Waals surface area contributed by atoms with E-state index in [9.17, 15) is 0 Å². The number of rotatable bonds is 0. The molecule has 0 N–H and O–H groups in total. The van der Waals surface area contributed by atoms with Crippen molar-refractivity contribution in [3.63, 3.8) is 0 Å². The summed E-state index contributed by atoms with van der Waals surface area (Å²) in [5, 5.41) is 0. The second-order valence-corrected chi connectivity index (χ2v) is 0. The molecule has 0 aliphatic heterocycles. The molecule has 0 aromatic carbocycles.